The molecule has 0 saturated heterocycles. The molecule has 0 unspecified atom stereocenters. The number of phenolic OH excluding ortho intramolecular Hbond substituents is 3. The number of ether oxygens (including phenoxy) is 1. The van der Waals surface area contributed by atoms with Crippen LogP contribution in [0.1, 0.15) is 5.56 Å². The van der Waals surface area contributed by atoms with E-state index in [0.717, 1.165) is 11.6 Å². The summed E-state index contributed by atoms with van der Waals surface area (Å²) < 4.78 is 39.3. The monoisotopic (exact) mass is 612 g/mol. The molecule has 222 valence electrons. The van der Waals surface area contributed by atoms with Crippen LogP contribution in [0.3, 0.4) is 0 Å². The van der Waals surface area contributed by atoms with Gasteiger partial charge in [-0.1, -0.05) is 6.07 Å². The summed E-state index contributed by atoms with van der Waals surface area (Å²) in [5.74, 6) is -0.155. The second kappa shape index (κ2) is 12.6. The van der Waals surface area contributed by atoms with Gasteiger partial charge in [0.25, 0.3) is 10.1 Å². The van der Waals surface area contributed by atoms with Crippen molar-refractivity contribution in [3.63, 3.8) is 0 Å². The van der Waals surface area contributed by atoms with Gasteiger partial charge < -0.3 is 20.1 Å². The maximum Gasteiger partial charge on any atom is 0.296 e. The van der Waals surface area contributed by atoms with Gasteiger partial charge in [0, 0.05) is 16.8 Å². The van der Waals surface area contributed by atoms with Gasteiger partial charge in [-0.15, -0.1) is 10.2 Å². The fraction of sp³-hybridized carbons (Fsp3) is 0.0667. The van der Waals surface area contributed by atoms with Gasteiger partial charge in [0.2, 0.25) is 0 Å². The molecule has 5 aromatic rings. The summed E-state index contributed by atoms with van der Waals surface area (Å²) in [4.78, 5) is -0.652. The second-order valence-electron chi connectivity index (χ2n) is 9.29. The molecule has 0 spiro atoms. The van der Waals surface area contributed by atoms with E-state index in [0.29, 0.717) is 22.8 Å². The van der Waals surface area contributed by atoms with Crippen LogP contribution in [-0.2, 0) is 16.7 Å². The first kappa shape index (κ1) is 29.8. The molecule has 0 bridgehead atoms. The molecule has 0 aliphatic carbocycles. The van der Waals surface area contributed by atoms with Crippen molar-refractivity contribution in [3.05, 3.63) is 96.6 Å². The summed E-state index contributed by atoms with van der Waals surface area (Å²) in [5, 5.41) is 54.6. The number of phenols is 3. The third kappa shape index (κ3) is 7.00. The van der Waals surface area contributed by atoms with Crippen molar-refractivity contribution in [2.24, 2.45) is 30.7 Å². The Labute approximate surface area is 250 Å². The van der Waals surface area contributed by atoms with Crippen molar-refractivity contribution in [2.75, 3.05) is 7.11 Å². The van der Waals surface area contributed by atoms with E-state index in [-0.39, 0.29) is 40.2 Å². The summed E-state index contributed by atoms with van der Waals surface area (Å²) in [7, 11) is -3.35. The molecular weight excluding hydrogens is 588 g/mol. The highest BCUT2D eigenvalue weighted by Crippen LogP contribution is 2.41. The summed E-state index contributed by atoms with van der Waals surface area (Å²) >= 11 is 0. The first-order valence-electron chi connectivity index (χ1n) is 12.8. The first-order chi connectivity index (χ1) is 21.1. The Hall–Kier alpha value is -5.73. The number of rotatable bonds is 9. The van der Waals surface area contributed by atoms with E-state index in [1.807, 2.05) is 0 Å². The number of hydrogen-bond acceptors (Lipinski definition) is 12. The van der Waals surface area contributed by atoms with E-state index in [4.69, 9.17) is 4.74 Å². The Morgan fingerprint density at radius 1 is 0.659 bits per heavy atom. The highest BCUT2D eigenvalue weighted by Gasteiger charge is 2.21. The van der Waals surface area contributed by atoms with Crippen molar-refractivity contribution in [3.8, 4) is 23.0 Å². The summed E-state index contributed by atoms with van der Waals surface area (Å²) in [5.41, 5.74) is 2.60. The molecule has 44 heavy (non-hydrogen) atoms. The molecular formula is C30H24N6O7S. The minimum Gasteiger partial charge on any atom is -0.508 e. The third-order valence-electron chi connectivity index (χ3n) is 6.24. The molecule has 4 N–H and O–H groups in total. The van der Waals surface area contributed by atoms with Crippen LogP contribution >= 0.6 is 0 Å². The van der Waals surface area contributed by atoms with Crippen molar-refractivity contribution in [1.82, 2.24) is 0 Å². The molecule has 5 rings (SSSR count). The van der Waals surface area contributed by atoms with Gasteiger partial charge in [-0.3, -0.25) is 4.55 Å². The number of aromatic hydroxyl groups is 3. The zero-order valence-electron chi connectivity index (χ0n) is 23.0. The van der Waals surface area contributed by atoms with Gasteiger partial charge in [0.05, 0.1) is 30.7 Å². The van der Waals surface area contributed by atoms with Crippen LogP contribution < -0.4 is 4.74 Å². The molecule has 0 amide bonds. The summed E-state index contributed by atoms with van der Waals surface area (Å²) in [6.07, 6.45) is 0. The van der Waals surface area contributed by atoms with Crippen molar-refractivity contribution < 1.29 is 33.0 Å². The Bertz CT molecular complexity index is 2030. The van der Waals surface area contributed by atoms with Crippen LogP contribution in [0.15, 0.2) is 127 Å². The number of hydrogen-bond donors (Lipinski definition) is 4. The number of benzene rings is 5. The summed E-state index contributed by atoms with van der Waals surface area (Å²) in [6, 6.07) is 23.1. The third-order valence-corrected chi connectivity index (χ3v) is 7.10. The lowest BCUT2D eigenvalue weighted by molar-refractivity contribution is 0.415. The minimum atomic E-state index is -4.78. The fourth-order valence-electron chi connectivity index (χ4n) is 4.08. The lowest BCUT2D eigenvalue weighted by Gasteiger charge is -2.10. The fourth-order valence-corrected chi connectivity index (χ4v) is 4.74. The van der Waals surface area contributed by atoms with Crippen molar-refractivity contribution in [1.29, 1.82) is 0 Å². The van der Waals surface area contributed by atoms with Crippen LogP contribution in [0.25, 0.3) is 10.8 Å². The average Bonchev–Trinajstić information content (AvgIpc) is 3.01. The van der Waals surface area contributed by atoms with Crippen LogP contribution in [0, 0.1) is 0 Å². The van der Waals surface area contributed by atoms with Gasteiger partial charge in [-0.2, -0.15) is 28.9 Å². The average molecular weight is 613 g/mol. The zero-order valence-corrected chi connectivity index (χ0v) is 23.8. The Balaban J connectivity index is 1.32. The summed E-state index contributed by atoms with van der Waals surface area (Å²) in [6.45, 7) is 0.217. The van der Waals surface area contributed by atoms with Crippen LogP contribution in [0.5, 0.6) is 23.0 Å². The Morgan fingerprint density at radius 3 is 1.91 bits per heavy atom. The van der Waals surface area contributed by atoms with E-state index in [1.165, 1.54) is 37.4 Å². The molecule has 5 aromatic carbocycles. The van der Waals surface area contributed by atoms with Crippen LogP contribution in [-0.4, -0.2) is 35.4 Å². The number of methoxy groups -OCH3 is 1. The van der Waals surface area contributed by atoms with Gasteiger partial charge in [-0.05, 0) is 84.4 Å². The topological polar surface area (TPSA) is 198 Å². The maximum atomic E-state index is 12.0. The highest BCUT2D eigenvalue weighted by molar-refractivity contribution is 7.86. The van der Waals surface area contributed by atoms with E-state index < -0.39 is 20.8 Å². The zero-order chi connectivity index (χ0) is 31.3. The Kier molecular flexibility index (Phi) is 8.55. The van der Waals surface area contributed by atoms with Crippen LogP contribution in [0.4, 0.5) is 28.4 Å². The number of nitrogens with zero attached hydrogens (tertiary/aromatic N) is 6. The highest BCUT2D eigenvalue weighted by atomic mass is 32.2. The quantitative estimate of drug-likeness (QED) is 0.0946. The van der Waals surface area contributed by atoms with Gasteiger partial charge in [0.15, 0.2) is 0 Å². The van der Waals surface area contributed by atoms with E-state index in [2.05, 4.69) is 30.7 Å². The van der Waals surface area contributed by atoms with Crippen molar-refractivity contribution in [2.45, 2.75) is 11.4 Å². The second-order valence-corrected chi connectivity index (χ2v) is 10.7. The molecule has 14 heteroatoms. The number of azo groups is 3. The van der Waals surface area contributed by atoms with E-state index >= 15 is 0 Å². The SMILES string of the molecule is COc1cc(CN=Nc2ccc(N=Nc3ccc(O)cc3)cc2)ccc1N=Nc1c(S(=O)(=O)O)cc(O)c2cc(O)ccc12. The molecule has 0 heterocycles. The van der Waals surface area contributed by atoms with Gasteiger partial charge in [0.1, 0.15) is 39.3 Å². The molecule has 0 radical (unpaired) electrons. The predicted octanol–water partition coefficient (Wildman–Crippen LogP) is 8.33. The lowest BCUT2D eigenvalue weighted by atomic mass is 10.1. The predicted molar refractivity (Wildman–Crippen MR) is 161 cm³/mol. The molecule has 0 aliphatic heterocycles. The molecule has 0 atom stereocenters. The Morgan fingerprint density at radius 2 is 1.27 bits per heavy atom. The number of fused-ring (bicyclic) bond motifs is 1. The molecule has 0 fully saturated rings. The minimum absolute atomic E-state index is 0.118. The molecule has 0 aliphatic rings. The van der Waals surface area contributed by atoms with E-state index in [9.17, 15) is 28.3 Å². The molecule has 0 saturated carbocycles. The normalized spacial score (nSPS) is 12.1. The standard InChI is InChI=1S/C30H24N6O7S/c1-43-28-14-18(17-31-32-19-3-5-20(6-4-19)33-34-21-7-9-22(37)10-8-21)2-13-26(28)35-36-30-24-12-11-23(38)15-25(24)27(39)16-29(30)44(40,41)42/h2-16,37-39H,17H2,1H3,(H,40,41,42). The maximum absolute atomic E-state index is 12.0. The largest absolute Gasteiger partial charge is 0.508 e. The molecule has 13 nitrogen and oxygen atoms in total. The van der Waals surface area contributed by atoms with Gasteiger partial charge in [-0.25, -0.2) is 0 Å². The van der Waals surface area contributed by atoms with Gasteiger partial charge >= 0.3 is 0 Å². The molecule has 0 aromatic heterocycles. The lowest BCUT2D eigenvalue weighted by Crippen LogP contribution is -1.99. The smallest absolute Gasteiger partial charge is 0.296 e. The van der Waals surface area contributed by atoms with E-state index in [1.54, 1.807) is 54.6 Å². The van der Waals surface area contributed by atoms with Crippen molar-refractivity contribution >= 4 is 49.3 Å². The first-order valence-corrected chi connectivity index (χ1v) is 14.3. The van der Waals surface area contributed by atoms with Crippen LogP contribution in [0.2, 0.25) is 0 Å².